The predicted octanol–water partition coefficient (Wildman–Crippen LogP) is 4.01. The number of nitrogens with zero attached hydrogens (tertiary/aromatic N) is 1. The molecule has 1 heterocycles. The number of benzene rings is 2. The van der Waals surface area contributed by atoms with Crippen LogP contribution in [-0.2, 0) is 0 Å². The number of hydrogen-bond donors (Lipinski definition) is 0. The molecule has 3 rings (SSSR count). The topological polar surface area (TPSA) is 20.3 Å². The lowest BCUT2D eigenvalue weighted by atomic mass is 10.1. The Morgan fingerprint density at radius 2 is 1.33 bits per heavy atom. The lowest BCUT2D eigenvalue weighted by Gasteiger charge is -2.21. The van der Waals surface area contributed by atoms with Gasteiger partial charge in [-0.25, -0.2) is 0 Å². The molecule has 0 amide bonds. The minimum absolute atomic E-state index is 0.0707. The summed E-state index contributed by atoms with van der Waals surface area (Å²) in [5.41, 5.74) is 2.90. The fourth-order valence-corrected chi connectivity index (χ4v) is 2.73. The molecule has 1 saturated heterocycles. The fourth-order valence-electron chi connectivity index (χ4n) is 2.73. The summed E-state index contributed by atoms with van der Waals surface area (Å²) in [7, 11) is 0. The normalized spacial score (nSPS) is 15.2. The number of rotatable bonds is 4. The van der Waals surface area contributed by atoms with E-state index in [0.29, 0.717) is 0 Å². The van der Waals surface area contributed by atoms with E-state index in [4.69, 9.17) is 0 Å². The number of hydrogen-bond acceptors (Lipinski definition) is 2. The quantitative estimate of drug-likeness (QED) is 0.622. The monoisotopic (exact) mass is 277 g/mol. The van der Waals surface area contributed by atoms with Crippen molar-refractivity contribution in [1.29, 1.82) is 0 Å². The molecule has 0 bridgehead atoms. The maximum Gasteiger partial charge on any atom is 0.187 e. The van der Waals surface area contributed by atoms with Crippen molar-refractivity contribution in [2.24, 2.45) is 0 Å². The van der Waals surface area contributed by atoms with Gasteiger partial charge in [0.15, 0.2) is 5.78 Å². The summed E-state index contributed by atoms with van der Waals surface area (Å²) in [6.07, 6.45) is 4.18. The van der Waals surface area contributed by atoms with Crippen LogP contribution in [0, 0.1) is 0 Å². The van der Waals surface area contributed by atoms with E-state index in [1.165, 1.54) is 12.8 Å². The number of carbonyl (C=O) groups excluding carboxylic acids is 1. The van der Waals surface area contributed by atoms with E-state index < -0.39 is 0 Å². The molecule has 0 aliphatic carbocycles. The van der Waals surface area contributed by atoms with E-state index in [2.05, 4.69) is 17.0 Å². The average Bonchev–Trinajstić information content (AvgIpc) is 3.08. The molecule has 2 aromatic rings. The van der Waals surface area contributed by atoms with Gasteiger partial charge in [-0.05, 0) is 18.4 Å². The van der Waals surface area contributed by atoms with E-state index >= 15 is 0 Å². The van der Waals surface area contributed by atoms with Gasteiger partial charge in [0, 0.05) is 30.4 Å². The Hall–Kier alpha value is -2.35. The van der Waals surface area contributed by atoms with Crippen molar-refractivity contribution >= 4 is 11.5 Å². The fraction of sp³-hybridized carbons (Fsp3) is 0.211. The van der Waals surface area contributed by atoms with Crippen molar-refractivity contribution in [3.63, 3.8) is 0 Å². The molecule has 0 radical (unpaired) electrons. The summed E-state index contributed by atoms with van der Waals surface area (Å²) in [5.74, 6) is 0.0707. The van der Waals surface area contributed by atoms with Gasteiger partial charge < -0.3 is 4.90 Å². The first-order chi connectivity index (χ1) is 10.3. The maximum atomic E-state index is 12.5. The minimum Gasteiger partial charge on any atom is -0.371 e. The molecule has 0 atom stereocenters. The van der Waals surface area contributed by atoms with Gasteiger partial charge in [-0.2, -0.15) is 0 Å². The van der Waals surface area contributed by atoms with E-state index in [1.54, 1.807) is 6.08 Å². The van der Waals surface area contributed by atoms with E-state index in [1.807, 2.05) is 48.5 Å². The molecule has 1 fully saturated rings. The summed E-state index contributed by atoms with van der Waals surface area (Å²) < 4.78 is 0. The molecule has 1 aliphatic rings. The number of ketones is 1. The molecule has 21 heavy (non-hydrogen) atoms. The number of allylic oxidation sites excluding steroid dienone is 1. The molecular formula is C19H19NO. The van der Waals surface area contributed by atoms with Crippen LogP contribution in [0.15, 0.2) is 66.7 Å². The van der Waals surface area contributed by atoms with E-state index in [-0.39, 0.29) is 5.78 Å². The van der Waals surface area contributed by atoms with Gasteiger partial charge >= 0.3 is 0 Å². The Labute approximate surface area is 125 Å². The van der Waals surface area contributed by atoms with Crippen molar-refractivity contribution in [2.75, 3.05) is 13.1 Å². The molecule has 0 unspecified atom stereocenters. The van der Waals surface area contributed by atoms with Gasteiger partial charge in [-0.15, -0.1) is 0 Å². The van der Waals surface area contributed by atoms with Gasteiger partial charge in [0.1, 0.15) is 0 Å². The molecule has 0 N–H and O–H groups in total. The molecule has 1 aliphatic heterocycles. The Morgan fingerprint density at radius 1 is 0.810 bits per heavy atom. The summed E-state index contributed by atoms with van der Waals surface area (Å²) in [5, 5.41) is 0. The first kappa shape index (κ1) is 13.6. The predicted molar refractivity (Wildman–Crippen MR) is 86.0 cm³/mol. The van der Waals surface area contributed by atoms with Gasteiger partial charge in [0.05, 0.1) is 0 Å². The lowest BCUT2D eigenvalue weighted by molar-refractivity contribution is 0.104. The lowest BCUT2D eigenvalue weighted by Crippen LogP contribution is -2.18. The van der Waals surface area contributed by atoms with Crippen LogP contribution in [-0.4, -0.2) is 23.8 Å². The van der Waals surface area contributed by atoms with Gasteiger partial charge in [-0.3, -0.25) is 4.79 Å². The summed E-state index contributed by atoms with van der Waals surface area (Å²) in [6.45, 7) is 2.06. The van der Waals surface area contributed by atoms with Crippen LogP contribution in [0.1, 0.15) is 28.8 Å². The van der Waals surface area contributed by atoms with Crippen molar-refractivity contribution in [1.82, 2.24) is 4.90 Å². The second kappa shape index (κ2) is 6.40. The molecule has 0 aromatic heterocycles. The highest BCUT2D eigenvalue weighted by Crippen LogP contribution is 2.24. The molecule has 2 aromatic carbocycles. The molecule has 106 valence electrons. The van der Waals surface area contributed by atoms with Crippen molar-refractivity contribution in [3.05, 3.63) is 77.9 Å². The highest BCUT2D eigenvalue weighted by molar-refractivity contribution is 6.08. The van der Waals surface area contributed by atoms with Crippen LogP contribution >= 0.6 is 0 Å². The Bertz CT molecular complexity index is 625. The van der Waals surface area contributed by atoms with Crippen LogP contribution in [0.25, 0.3) is 5.70 Å². The standard InChI is InChI=1S/C19H19NO/c21-19(17-11-5-2-6-12-17)15-18(20-13-7-8-14-20)16-9-3-1-4-10-16/h1-6,9-12,15H,7-8,13-14H2. The van der Waals surface area contributed by atoms with E-state index in [0.717, 1.165) is 29.9 Å². The molecule has 0 spiro atoms. The van der Waals surface area contributed by atoms with Crippen LogP contribution in [0.2, 0.25) is 0 Å². The highest BCUT2D eigenvalue weighted by atomic mass is 16.1. The largest absolute Gasteiger partial charge is 0.371 e. The summed E-state index contributed by atoms with van der Waals surface area (Å²) in [6, 6.07) is 19.7. The number of carbonyl (C=O) groups is 1. The zero-order valence-corrected chi connectivity index (χ0v) is 12.0. The minimum atomic E-state index is 0.0707. The molecule has 2 heteroatoms. The van der Waals surface area contributed by atoms with Crippen LogP contribution in [0.5, 0.6) is 0 Å². The van der Waals surface area contributed by atoms with Crippen LogP contribution in [0.3, 0.4) is 0 Å². The molecule has 0 saturated carbocycles. The second-order valence-corrected chi connectivity index (χ2v) is 5.32. The first-order valence-electron chi connectivity index (χ1n) is 7.46. The van der Waals surface area contributed by atoms with Gasteiger partial charge in [-0.1, -0.05) is 60.7 Å². The summed E-state index contributed by atoms with van der Waals surface area (Å²) >= 11 is 0. The van der Waals surface area contributed by atoms with Crippen molar-refractivity contribution in [2.45, 2.75) is 12.8 Å². The third kappa shape index (κ3) is 3.22. The Morgan fingerprint density at radius 3 is 1.90 bits per heavy atom. The smallest absolute Gasteiger partial charge is 0.187 e. The Balaban J connectivity index is 1.95. The zero-order valence-electron chi connectivity index (χ0n) is 12.0. The van der Waals surface area contributed by atoms with Crippen molar-refractivity contribution in [3.8, 4) is 0 Å². The Kier molecular flexibility index (Phi) is 4.15. The second-order valence-electron chi connectivity index (χ2n) is 5.32. The third-order valence-electron chi connectivity index (χ3n) is 3.84. The van der Waals surface area contributed by atoms with E-state index in [9.17, 15) is 4.79 Å². The SMILES string of the molecule is O=C(C=C(c1ccccc1)N1CCCC1)c1ccccc1. The third-order valence-corrected chi connectivity index (χ3v) is 3.84. The average molecular weight is 277 g/mol. The highest BCUT2D eigenvalue weighted by Gasteiger charge is 2.17. The molecule has 2 nitrogen and oxygen atoms in total. The summed E-state index contributed by atoms with van der Waals surface area (Å²) in [4.78, 5) is 14.8. The van der Waals surface area contributed by atoms with Gasteiger partial charge in [0.25, 0.3) is 0 Å². The molecular weight excluding hydrogens is 258 g/mol. The maximum absolute atomic E-state index is 12.5. The van der Waals surface area contributed by atoms with Crippen LogP contribution in [0.4, 0.5) is 0 Å². The number of likely N-dealkylation sites (tertiary alicyclic amines) is 1. The zero-order chi connectivity index (χ0) is 14.5. The van der Waals surface area contributed by atoms with Crippen LogP contribution < -0.4 is 0 Å². The van der Waals surface area contributed by atoms with Gasteiger partial charge in [0.2, 0.25) is 0 Å². The van der Waals surface area contributed by atoms with Crippen molar-refractivity contribution < 1.29 is 4.79 Å². The first-order valence-corrected chi connectivity index (χ1v) is 7.46.